The summed E-state index contributed by atoms with van der Waals surface area (Å²) >= 11 is 0. The maximum absolute atomic E-state index is 5.61. The van der Waals surface area contributed by atoms with Crippen LogP contribution in [0.2, 0.25) is 0 Å². The summed E-state index contributed by atoms with van der Waals surface area (Å²) < 4.78 is 15.5. The highest BCUT2D eigenvalue weighted by Crippen LogP contribution is 2.23. The molecule has 84 valence electrons. The van der Waals surface area contributed by atoms with E-state index in [2.05, 4.69) is 0 Å². The number of ether oxygens (including phenoxy) is 3. The minimum Gasteiger partial charge on any atom is -0.497 e. The summed E-state index contributed by atoms with van der Waals surface area (Å²) in [4.78, 5) is 0. The molecule has 0 atom stereocenters. The molecule has 4 heteroatoms. The second-order valence-corrected chi connectivity index (χ2v) is 3.02. The molecule has 0 fully saturated rings. The van der Waals surface area contributed by atoms with Crippen molar-refractivity contribution >= 4 is 0 Å². The molecule has 4 nitrogen and oxygen atoms in total. The van der Waals surface area contributed by atoms with E-state index >= 15 is 0 Å². The highest BCUT2D eigenvalue weighted by molar-refractivity contribution is 5.40. The van der Waals surface area contributed by atoms with E-state index in [9.17, 15) is 0 Å². The highest BCUT2D eigenvalue weighted by Gasteiger charge is 2.03. The number of rotatable bonds is 6. The average Bonchev–Trinajstić information content (AvgIpc) is 2.29. The van der Waals surface area contributed by atoms with E-state index in [1.807, 2.05) is 18.2 Å². The topological polar surface area (TPSA) is 53.7 Å². The molecule has 1 aromatic carbocycles. The molecule has 0 spiro atoms. The lowest BCUT2D eigenvalue weighted by molar-refractivity contribution is 0.145. The quantitative estimate of drug-likeness (QED) is 0.718. The molecular formula is C11H17NO3. The highest BCUT2D eigenvalue weighted by atomic mass is 16.5. The van der Waals surface area contributed by atoms with Crippen LogP contribution in [-0.2, 0) is 11.3 Å². The zero-order valence-electron chi connectivity index (χ0n) is 9.16. The molecule has 0 amide bonds. The Morgan fingerprint density at radius 2 is 2.00 bits per heavy atom. The summed E-state index contributed by atoms with van der Waals surface area (Å²) in [6, 6.07) is 5.58. The van der Waals surface area contributed by atoms with Crippen LogP contribution in [-0.4, -0.2) is 27.4 Å². The molecule has 0 bridgehead atoms. The molecule has 0 saturated heterocycles. The SMILES string of the molecule is COCCOc1ccc(OC)cc1CN. The van der Waals surface area contributed by atoms with Gasteiger partial charge in [-0.25, -0.2) is 0 Å². The predicted octanol–water partition coefficient (Wildman–Crippen LogP) is 1.18. The summed E-state index contributed by atoms with van der Waals surface area (Å²) in [5.74, 6) is 1.57. The molecular weight excluding hydrogens is 194 g/mol. The zero-order valence-corrected chi connectivity index (χ0v) is 9.16. The fourth-order valence-electron chi connectivity index (χ4n) is 1.22. The standard InChI is InChI=1S/C11H17NO3/c1-13-5-6-15-11-4-3-10(14-2)7-9(11)8-12/h3-4,7H,5-6,8,12H2,1-2H3. The normalized spacial score (nSPS) is 10.1. The Morgan fingerprint density at radius 1 is 1.20 bits per heavy atom. The van der Waals surface area contributed by atoms with Gasteiger partial charge in [-0.05, 0) is 18.2 Å². The summed E-state index contributed by atoms with van der Waals surface area (Å²) in [5.41, 5.74) is 6.55. The monoisotopic (exact) mass is 211 g/mol. The average molecular weight is 211 g/mol. The molecule has 1 rings (SSSR count). The van der Waals surface area contributed by atoms with Gasteiger partial charge in [-0.15, -0.1) is 0 Å². The van der Waals surface area contributed by atoms with Gasteiger partial charge in [-0.1, -0.05) is 0 Å². The van der Waals surface area contributed by atoms with Crippen molar-refractivity contribution in [2.45, 2.75) is 6.54 Å². The van der Waals surface area contributed by atoms with Crippen LogP contribution in [0, 0.1) is 0 Å². The van der Waals surface area contributed by atoms with Crippen molar-refractivity contribution in [3.8, 4) is 11.5 Å². The van der Waals surface area contributed by atoms with Gasteiger partial charge in [0, 0.05) is 19.2 Å². The summed E-state index contributed by atoms with van der Waals surface area (Å²) in [6.07, 6.45) is 0. The Bertz CT molecular complexity index is 302. The van der Waals surface area contributed by atoms with Crippen LogP contribution in [0.15, 0.2) is 18.2 Å². The van der Waals surface area contributed by atoms with Crippen molar-refractivity contribution < 1.29 is 14.2 Å². The van der Waals surface area contributed by atoms with Gasteiger partial charge in [0.25, 0.3) is 0 Å². The third kappa shape index (κ3) is 3.42. The maximum atomic E-state index is 5.61. The molecule has 0 aromatic heterocycles. The van der Waals surface area contributed by atoms with Crippen molar-refractivity contribution in [1.82, 2.24) is 0 Å². The van der Waals surface area contributed by atoms with Gasteiger partial charge in [0.1, 0.15) is 18.1 Å². The fraction of sp³-hybridized carbons (Fsp3) is 0.455. The van der Waals surface area contributed by atoms with E-state index in [4.69, 9.17) is 19.9 Å². The number of hydrogen-bond donors (Lipinski definition) is 1. The molecule has 0 aliphatic carbocycles. The van der Waals surface area contributed by atoms with Gasteiger partial charge in [-0.2, -0.15) is 0 Å². The minimum atomic E-state index is 0.430. The minimum absolute atomic E-state index is 0.430. The molecule has 0 heterocycles. The van der Waals surface area contributed by atoms with Crippen LogP contribution in [0.1, 0.15) is 5.56 Å². The van der Waals surface area contributed by atoms with Crippen molar-refractivity contribution in [1.29, 1.82) is 0 Å². The predicted molar refractivity (Wildman–Crippen MR) is 58.3 cm³/mol. The first-order valence-electron chi connectivity index (χ1n) is 4.80. The number of benzene rings is 1. The van der Waals surface area contributed by atoms with Crippen LogP contribution in [0.25, 0.3) is 0 Å². The second kappa shape index (κ2) is 6.27. The van der Waals surface area contributed by atoms with E-state index < -0.39 is 0 Å². The Hall–Kier alpha value is -1.26. The lowest BCUT2D eigenvalue weighted by Crippen LogP contribution is -2.07. The molecule has 0 saturated carbocycles. The van der Waals surface area contributed by atoms with E-state index in [0.29, 0.717) is 19.8 Å². The second-order valence-electron chi connectivity index (χ2n) is 3.02. The Labute approximate surface area is 89.9 Å². The van der Waals surface area contributed by atoms with Gasteiger partial charge in [-0.3, -0.25) is 0 Å². The van der Waals surface area contributed by atoms with Crippen molar-refractivity contribution in [3.63, 3.8) is 0 Å². The molecule has 0 aliphatic rings. The van der Waals surface area contributed by atoms with Gasteiger partial charge >= 0.3 is 0 Å². The van der Waals surface area contributed by atoms with E-state index in [0.717, 1.165) is 17.1 Å². The first-order chi connectivity index (χ1) is 7.31. The third-order valence-electron chi connectivity index (χ3n) is 2.03. The Morgan fingerprint density at radius 3 is 2.60 bits per heavy atom. The Balaban J connectivity index is 2.69. The van der Waals surface area contributed by atoms with E-state index in [-0.39, 0.29) is 0 Å². The van der Waals surface area contributed by atoms with Crippen LogP contribution < -0.4 is 15.2 Å². The van der Waals surface area contributed by atoms with Gasteiger partial charge < -0.3 is 19.9 Å². The number of methoxy groups -OCH3 is 2. The molecule has 0 unspecified atom stereocenters. The van der Waals surface area contributed by atoms with Crippen molar-refractivity contribution in [3.05, 3.63) is 23.8 Å². The van der Waals surface area contributed by atoms with Gasteiger partial charge in [0.15, 0.2) is 0 Å². The van der Waals surface area contributed by atoms with Crippen LogP contribution in [0.4, 0.5) is 0 Å². The van der Waals surface area contributed by atoms with E-state index in [1.165, 1.54) is 0 Å². The number of hydrogen-bond acceptors (Lipinski definition) is 4. The first kappa shape index (κ1) is 11.8. The van der Waals surface area contributed by atoms with Crippen LogP contribution in [0.3, 0.4) is 0 Å². The van der Waals surface area contributed by atoms with Crippen molar-refractivity contribution in [2.24, 2.45) is 5.73 Å². The van der Waals surface area contributed by atoms with Gasteiger partial charge in [0.05, 0.1) is 13.7 Å². The summed E-state index contributed by atoms with van der Waals surface area (Å²) in [6.45, 7) is 1.52. The molecule has 1 aromatic rings. The van der Waals surface area contributed by atoms with Gasteiger partial charge in [0.2, 0.25) is 0 Å². The van der Waals surface area contributed by atoms with E-state index in [1.54, 1.807) is 14.2 Å². The first-order valence-corrected chi connectivity index (χ1v) is 4.80. The number of nitrogens with two attached hydrogens (primary N) is 1. The zero-order chi connectivity index (χ0) is 11.1. The Kier molecular flexibility index (Phi) is 4.93. The third-order valence-corrected chi connectivity index (χ3v) is 2.03. The van der Waals surface area contributed by atoms with Crippen molar-refractivity contribution in [2.75, 3.05) is 27.4 Å². The largest absolute Gasteiger partial charge is 0.497 e. The van der Waals surface area contributed by atoms with Crippen LogP contribution >= 0.6 is 0 Å². The summed E-state index contributed by atoms with van der Waals surface area (Å²) in [5, 5.41) is 0. The maximum Gasteiger partial charge on any atom is 0.124 e. The summed E-state index contributed by atoms with van der Waals surface area (Å²) in [7, 11) is 3.27. The molecule has 0 aliphatic heterocycles. The lowest BCUT2D eigenvalue weighted by atomic mass is 10.2. The molecule has 0 radical (unpaired) electrons. The fourth-order valence-corrected chi connectivity index (χ4v) is 1.22. The molecule has 15 heavy (non-hydrogen) atoms. The smallest absolute Gasteiger partial charge is 0.124 e. The lowest BCUT2D eigenvalue weighted by Gasteiger charge is -2.11. The van der Waals surface area contributed by atoms with Crippen LogP contribution in [0.5, 0.6) is 11.5 Å². The molecule has 2 N–H and O–H groups in total.